The lowest BCUT2D eigenvalue weighted by atomic mass is 10.1. The highest BCUT2D eigenvalue weighted by atomic mass is 35.5. The van der Waals surface area contributed by atoms with Crippen LogP contribution in [0.2, 0.25) is 5.02 Å². The largest absolute Gasteiger partial charge is 0.457 e. The number of amidine groups is 1. The topological polar surface area (TPSA) is 59.1 Å². The van der Waals surface area contributed by atoms with Gasteiger partial charge in [0, 0.05) is 0 Å². The molecule has 4 heteroatoms. The third-order valence-corrected chi connectivity index (χ3v) is 3.12. The van der Waals surface area contributed by atoms with Crippen molar-refractivity contribution < 1.29 is 4.74 Å². The van der Waals surface area contributed by atoms with Crippen molar-refractivity contribution in [3.63, 3.8) is 0 Å². The van der Waals surface area contributed by atoms with E-state index in [0.717, 1.165) is 6.42 Å². The minimum absolute atomic E-state index is 0.106. The Hall–Kier alpha value is -2.00. The van der Waals surface area contributed by atoms with E-state index in [-0.39, 0.29) is 5.84 Å². The summed E-state index contributed by atoms with van der Waals surface area (Å²) in [5.74, 6) is 1.08. The molecule has 0 aliphatic rings. The molecule has 0 heterocycles. The Bertz CT molecular complexity index is 594. The predicted octanol–water partition coefficient (Wildman–Crippen LogP) is 3.98. The van der Waals surface area contributed by atoms with Gasteiger partial charge in [0.25, 0.3) is 0 Å². The SMILES string of the molecule is CCc1ccc(Oc2cccc(Cl)c2C(=N)N)cc1. The monoisotopic (exact) mass is 274 g/mol. The van der Waals surface area contributed by atoms with Crippen molar-refractivity contribution >= 4 is 17.4 Å². The number of aryl methyl sites for hydroxylation is 1. The Morgan fingerprint density at radius 2 is 1.89 bits per heavy atom. The third kappa shape index (κ3) is 3.06. The normalized spacial score (nSPS) is 10.2. The number of hydrogen-bond donors (Lipinski definition) is 2. The highest BCUT2D eigenvalue weighted by Crippen LogP contribution is 2.30. The van der Waals surface area contributed by atoms with Crippen LogP contribution in [0, 0.1) is 5.41 Å². The van der Waals surface area contributed by atoms with E-state index in [1.54, 1.807) is 18.2 Å². The van der Waals surface area contributed by atoms with E-state index in [0.29, 0.717) is 22.1 Å². The summed E-state index contributed by atoms with van der Waals surface area (Å²) in [5.41, 5.74) is 7.19. The first kappa shape index (κ1) is 13.4. The summed E-state index contributed by atoms with van der Waals surface area (Å²) in [5, 5.41) is 7.97. The van der Waals surface area contributed by atoms with E-state index in [2.05, 4.69) is 6.92 Å². The van der Waals surface area contributed by atoms with Crippen LogP contribution in [0.1, 0.15) is 18.1 Å². The second-order valence-corrected chi connectivity index (χ2v) is 4.53. The van der Waals surface area contributed by atoms with Gasteiger partial charge in [0.1, 0.15) is 17.3 Å². The van der Waals surface area contributed by atoms with Crippen LogP contribution in [0.4, 0.5) is 0 Å². The average molecular weight is 275 g/mol. The molecule has 0 aliphatic heterocycles. The molecule has 2 rings (SSSR count). The summed E-state index contributed by atoms with van der Waals surface area (Å²) >= 11 is 6.04. The van der Waals surface area contributed by atoms with Gasteiger partial charge in [-0.25, -0.2) is 0 Å². The molecule has 2 aromatic rings. The van der Waals surface area contributed by atoms with Gasteiger partial charge >= 0.3 is 0 Å². The van der Waals surface area contributed by atoms with Gasteiger partial charge in [-0.2, -0.15) is 0 Å². The zero-order valence-electron chi connectivity index (χ0n) is 10.6. The van der Waals surface area contributed by atoms with E-state index in [1.807, 2.05) is 24.3 Å². The molecule has 0 saturated heterocycles. The molecule has 3 N–H and O–H groups in total. The van der Waals surface area contributed by atoms with Crippen LogP contribution in [0.5, 0.6) is 11.5 Å². The van der Waals surface area contributed by atoms with Gasteiger partial charge in [0.05, 0.1) is 10.6 Å². The van der Waals surface area contributed by atoms with Crippen molar-refractivity contribution in [2.75, 3.05) is 0 Å². The summed E-state index contributed by atoms with van der Waals surface area (Å²) in [6.07, 6.45) is 0.982. The number of nitrogen functional groups attached to an aromatic ring is 1. The van der Waals surface area contributed by atoms with E-state index in [1.165, 1.54) is 5.56 Å². The van der Waals surface area contributed by atoms with Gasteiger partial charge in [-0.3, -0.25) is 5.41 Å². The van der Waals surface area contributed by atoms with Gasteiger partial charge in [-0.1, -0.05) is 36.7 Å². The Labute approximate surface area is 117 Å². The predicted molar refractivity (Wildman–Crippen MR) is 78.4 cm³/mol. The Balaban J connectivity index is 2.32. The van der Waals surface area contributed by atoms with Crippen LogP contribution in [0.15, 0.2) is 42.5 Å². The molecule has 3 nitrogen and oxygen atoms in total. The summed E-state index contributed by atoms with van der Waals surface area (Å²) in [4.78, 5) is 0. The molecule has 0 atom stereocenters. The van der Waals surface area contributed by atoms with E-state index in [9.17, 15) is 0 Å². The summed E-state index contributed by atoms with van der Waals surface area (Å²) in [7, 11) is 0. The van der Waals surface area contributed by atoms with E-state index < -0.39 is 0 Å². The third-order valence-electron chi connectivity index (χ3n) is 2.80. The standard InChI is InChI=1S/C15H15ClN2O/c1-2-10-6-8-11(9-7-10)19-13-5-3-4-12(16)14(13)15(17)18/h3-9H,2H2,1H3,(H3,17,18). The van der Waals surface area contributed by atoms with Crippen LogP contribution >= 0.6 is 11.6 Å². The van der Waals surface area contributed by atoms with Crippen molar-refractivity contribution in [3.8, 4) is 11.5 Å². The van der Waals surface area contributed by atoms with Crippen molar-refractivity contribution in [2.45, 2.75) is 13.3 Å². The van der Waals surface area contributed by atoms with Crippen LogP contribution in [0.25, 0.3) is 0 Å². The van der Waals surface area contributed by atoms with Crippen LogP contribution in [0.3, 0.4) is 0 Å². The number of rotatable bonds is 4. The molecule has 0 aliphatic carbocycles. The minimum Gasteiger partial charge on any atom is -0.457 e. The maximum atomic E-state index is 7.56. The molecular formula is C15H15ClN2O. The number of nitrogens with two attached hydrogens (primary N) is 1. The van der Waals surface area contributed by atoms with Crippen molar-refractivity contribution in [3.05, 3.63) is 58.6 Å². The molecule has 0 aromatic heterocycles. The number of benzene rings is 2. The van der Waals surface area contributed by atoms with Crippen molar-refractivity contribution in [2.24, 2.45) is 5.73 Å². The highest BCUT2D eigenvalue weighted by Gasteiger charge is 2.11. The minimum atomic E-state index is -0.106. The molecule has 0 radical (unpaired) electrons. The quantitative estimate of drug-likeness (QED) is 0.654. The molecular weight excluding hydrogens is 260 g/mol. The lowest BCUT2D eigenvalue weighted by Crippen LogP contribution is -2.13. The first-order chi connectivity index (χ1) is 9.11. The second-order valence-electron chi connectivity index (χ2n) is 4.13. The van der Waals surface area contributed by atoms with Gasteiger partial charge in [0.2, 0.25) is 0 Å². The van der Waals surface area contributed by atoms with Gasteiger partial charge in [0.15, 0.2) is 0 Å². The van der Waals surface area contributed by atoms with Crippen molar-refractivity contribution in [1.82, 2.24) is 0 Å². The summed E-state index contributed by atoms with van der Waals surface area (Å²) in [6, 6.07) is 13.0. The van der Waals surface area contributed by atoms with Crippen LogP contribution in [-0.4, -0.2) is 5.84 Å². The molecule has 0 spiro atoms. The van der Waals surface area contributed by atoms with E-state index >= 15 is 0 Å². The fourth-order valence-corrected chi connectivity index (χ4v) is 2.04. The van der Waals surface area contributed by atoms with E-state index in [4.69, 9.17) is 27.5 Å². The first-order valence-electron chi connectivity index (χ1n) is 6.01. The zero-order chi connectivity index (χ0) is 13.8. The van der Waals surface area contributed by atoms with Crippen LogP contribution in [-0.2, 0) is 6.42 Å². The lowest BCUT2D eigenvalue weighted by molar-refractivity contribution is 0.481. The maximum Gasteiger partial charge on any atom is 0.139 e. The Morgan fingerprint density at radius 3 is 2.47 bits per heavy atom. The Kier molecular flexibility index (Phi) is 4.07. The first-order valence-corrected chi connectivity index (χ1v) is 6.39. The second kappa shape index (κ2) is 5.76. The smallest absolute Gasteiger partial charge is 0.139 e. The number of hydrogen-bond acceptors (Lipinski definition) is 2. The average Bonchev–Trinajstić information content (AvgIpc) is 2.39. The fraction of sp³-hybridized carbons (Fsp3) is 0.133. The van der Waals surface area contributed by atoms with Gasteiger partial charge in [-0.15, -0.1) is 0 Å². The molecule has 2 aromatic carbocycles. The highest BCUT2D eigenvalue weighted by molar-refractivity contribution is 6.34. The zero-order valence-corrected chi connectivity index (χ0v) is 11.4. The van der Waals surface area contributed by atoms with Gasteiger partial charge in [-0.05, 0) is 36.2 Å². The Morgan fingerprint density at radius 1 is 1.21 bits per heavy atom. The molecule has 0 amide bonds. The summed E-state index contributed by atoms with van der Waals surface area (Å²) < 4.78 is 5.75. The van der Waals surface area contributed by atoms with Gasteiger partial charge < -0.3 is 10.5 Å². The molecule has 0 bridgehead atoms. The molecule has 0 unspecified atom stereocenters. The number of ether oxygens (including phenoxy) is 1. The fourth-order valence-electron chi connectivity index (χ4n) is 1.77. The van der Waals surface area contributed by atoms with Crippen LogP contribution < -0.4 is 10.5 Å². The molecule has 98 valence electrons. The molecule has 0 saturated carbocycles. The molecule has 0 fully saturated rings. The van der Waals surface area contributed by atoms with Crippen molar-refractivity contribution in [1.29, 1.82) is 5.41 Å². The maximum absolute atomic E-state index is 7.56. The molecule has 19 heavy (non-hydrogen) atoms. The summed E-state index contributed by atoms with van der Waals surface area (Å²) in [6.45, 7) is 2.10. The lowest BCUT2D eigenvalue weighted by Gasteiger charge is -2.11. The number of nitrogens with one attached hydrogen (secondary N) is 1. The number of halogens is 1.